The third-order valence-corrected chi connectivity index (χ3v) is 4.35. The van der Waals surface area contributed by atoms with Crippen molar-refractivity contribution in [3.05, 3.63) is 28.7 Å². The molecule has 0 radical (unpaired) electrons. The standard InChI is InChI=1S/C15H21BrN2O/c16-12-6-8-13(9-7-12)18-14(15(17)19)10-11-4-2-1-3-5-11/h6-9,11,14,18H,1-5,10H2,(H2,17,19). The van der Waals surface area contributed by atoms with Crippen LogP contribution in [0.5, 0.6) is 0 Å². The highest BCUT2D eigenvalue weighted by atomic mass is 79.9. The van der Waals surface area contributed by atoms with Crippen molar-refractivity contribution in [2.45, 2.75) is 44.6 Å². The zero-order valence-corrected chi connectivity index (χ0v) is 12.7. The molecule has 1 saturated carbocycles. The summed E-state index contributed by atoms with van der Waals surface area (Å²) in [6.07, 6.45) is 7.21. The molecule has 1 aromatic rings. The van der Waals surface area contributed by atoms with Gasteiger partial charge in [0.1, 0.15) is 6.04 Å². The summed E-state index contributed by atoms with van der Waals surface area (Å²) in [5, 5.41) is 3.26. The molecule has 0 aliphatic heterocycles. The van der Waals surface area contributed by atoms with Gasteiger partial charge in [0.2, 0.25) is 5.91 Å². The predicted molar refractivity (Wildman–Crippen MR) is 81.9 cm³/mol. The summed E-state index contributed by atoms with van der Waals surface area (Å²) >= 11 is 3.40. The molecule has 1 aliphatic carbocycles. The Morgan fingerprint density at radius 3 is 2.47 bits per heavy atom. The number of amides is 1. The first-order valence-electron chi connectivity index (χ1n) is 6.96. The molecule has 19 heavy (non-hydrogen) atoms. The molecule has 1 unspecified atom stereocenters. The highest BCUT2D eigenvalue weighted by Gasteiger charge is 2.22. The van der Waals surface area contributed by atoms with Crippen LogP contribution in [0, 0.1) is 5.92 Å². The van der Waals surface area contributed by atoms with Crippen LogP contribution in [-0.2, 0) is 4.79 Å². The summed E-state index contributed by atoms with van der Waals surface area (Å²) in [5.41, 5.74) is 6.47. The highest BCUT2D eigenvalue weighted by molar-refractivity contribution is 9.10. The van der Waals surface area contributed by atoms with E-state index in [1.54, 1.807) is 0 Å². The van der Waals surface area contributed by atoms with Crippen LogP contribution in [0.15, 0.2) is 28.7 Å². The lowest BCUT2D eigenvalue weighted by Crippen LogP contribution is -2.37. The van der Waals surface area contributed by atoms with Crippen molar-refractivity contribution in [2.24, 2.45) is 11.7 Å². The Balaban J connectivity index is 1.95. The fourth-order valence-electron chi connectivity index (χ4n) is 2.75. The van der Waals surface area contributed by atoms with Gasteiger partial charge >= 0.3 is 0 Å². The SMILES string of the molecule is NC(=O)C(CC1CCCCC1)Nc1ccc(Br)cc1. The summed E-state index contributed by atoms with van der Waals surface area (Å²) in [5.74, 6) is 0.377. The lowest BCUT2D eigenvalue weighted by molar-refractivity contribution is -0.119. The lowest BCUT2D eigenvalue weighted by atomic mass is 9.84. The minimum Gasteiger partial charge on any atom is -0.374 e. The molecular weight excluding hydrogens is 304 g/mol. The van der Waals surface area contributed by atoms with Crippen LogP contribution >= 0.6 is 15.9 Å². The lowest BCUT2D eigenvalue weighted by Gasteiger charge is -2.26. The average Bonchev–Trinajstić information content (AvgIpc) is 2.41. The Bertz CT molecular complexity index is 413. The summed E-state index contributed by atoms with van der Waals surface area (Å²) in [4.78, 5) is 11.6. The van der Waals surface area contributed by atoms with Crippen molar-refractivity contribution >= 4 is 27.5 Å². The Labute approximate surface area is 123 Å². The molecule has 2 rings (SSSR count). The molecule has 3 N–H and O–H groups in total. The highest BCUT2D eigenvalue weighted by Crippen LogP contribution is 2.28. The number of carbonyl (C=O) groups excluding carboxylic acids is 1. The van der Waals surface area contributed by atoms with Crippen molar-refractivity contribution in [3.63, 3.8) is 0 Å². The first-order valence-corrected chi connectivity index (χ1v) is 7.76. The second-order valence-corrected chi connectivity index (χ2v) is 6.26. The summed E-state index contributed by atoms with van der Waals surface area (Å²) in [6, 6.07) is 7.58. The zero-order chi connectivity index (χ0) is 13.7. The molecule has 1 aromatic carbocycles. The maximum absolute atomic E-state index is 11.6. The smallest absolute Gasteiger partial charge is 0.239 e. The van der Waals surface area contributed by atoms with E-state index in [1.807, 2.05) is 24.3 Å². The van der Waals surface area contributed by atoms with Gasteiger partial charge in [0.15, 0.2) is 0 Å². The van der Waals surface area contributed by atoms with E-state index in [2.05, 4.69) is 21.2 Å². The Kier molecular flexibility index (Phi) is 5.25. The normalized spacial score (nSPS) is 17.9. The summed E-state index contributed by atoms with van der Waals surface area (Å²) in [6.45, 7) is 0. The third kappa shape index (κ3) is 4.53. The van der Waals surface area contributed by atoms with Gasteiger partial charge in [-0.25, -0.2) is 0 Å². The van der Waals surface area contributed by atoms with Gasteiger partial charge in [-0.2, -0.15) is 0 Å². The number of primary amides is 1. The molecule has 1 aliphatic rings. The molecule has 1 fully saturated rings. The number of hydrogen-bond acceptors (Lipinski definition) is 2. The van der Waals surface area contributed by atoms with E-state index < -0.39 is 0 Å². The number of anilines is 1. The fourth-order valence-corrected chi connectivity index (χ4v) is 3.01. The number of rotatable bonds is 5. The van der Waals surface area contributed by atoms with E-state index in [4.69, 9.17) is 5.73 Å². The number of nitrogens with two attached hydrogens (primary N) is 1. The van der Waals surface area contributed by atoms with Crippen molar-refractivity contribution in [3.8, 4) is 0 Å². The van der Waals surface area contributed by atoms with Crippen molar-refractivity contribution in [1.82, 2.24) is 0 Å². The molecule has 1 amide bonds. The molecule has 104 valence electrons. The molecule has 3 nitrogen and oxygen atoms in total. The Morgan fingerprint density at radius 1 is 1.26 bits per heavy atom. The van der Waals surface area contributed by atoms with E-state index in [9.17, 15) is 4.79 Å². The zero-order valence-electron chi connectivity index (χ0n) is 11.1. The average molecular weight is 325 g/mol. The van der Waals surface area contributed by atoms with Crippen molar-refractivity contribution in [1.29, 1.82) is 0 Å². The van der Waals surface area contributed by atoms with Crippen LogP contribution in [0.4, 0.5) is 5.69 Å². The van der Waals surface area contributed by atoms with Crippen LogP contribution in [0.2, 0.25) is 0 Å². The van der Waals surface area contributed by atoms with Gasteiger partial charge in [-0.05, 0) is 36.6 Å². The first-order chi connectivity index (χ1) is 9.15. The quantitative estimate of drug-likeness (QED) is 0.867. The third-order valence-electron chi connectivity index (χ3n) is 3.82. The number of carbonyl (C=O) groups is 1. The van der Waals surface area contributed by atoms with Crippen LogP contribution < -0.4 is 11.1 Å². The van der Waals surface area contributed by atoms with Gasteiger partial charge < -0.3 is 11.1 Å². The second-order valence-electron chi connectivity index (χ2n) is 5.35. The topological polar surface area (TPSA) is 55.1 Å². The van der Waals surface area contributed by atoms with Gasteiger partial charge in [0.25, 0.3) is 0 Å². The van der Waals surface area contributed by atoms with E-state index in [0.717, 1.165) is 16.6 Å². The number of halogens is 1. The molecule has 0 saturated heterocycles. The Morgan fingerprint density at radius 2 is 1.89 bits per heavy atom. The minimum atomic E-state index is -0.260. The molecule has 0 bridgehead atoms. The van der Waals surface area contributed by atoms with Crippen LogP contribution in [-0.4, -0.2) is 11.9 Å². The van der Waals surface area contributed by atoms with E-state index in [0.29, 0.717) is 5.92 Å². The van der Waals surface area contributed by atoms with Gasteiger partial charge in [-0.1, -0.05) is 48.0 Å². The monoisotopic (exact) mass is 324 g/mol. The predicted octanol–water partition coefficient (Wildman–Crippen LogP) is 3.69. The molecule has 1 atom stereocenters. The maximum atomic E-state index is 11.6. The minimum absolute atomic E-state index is 0.256. The molecule has 0 heterocycles. The van der Waals surface area contributed by atoms with Gasteiger partial charge in [0.05, 0.1) is 0 Å². The van der Waals surface area contributed by atoms with Crippen LogP contribution in [0.25, 0.3) is 0 Å². The Hall–Kier alpha value is -1.03. The molecule has 0 aromatic heterocycles. The van der Waals surface area contributed by atoms with E-state index in [1.165, 1.54) is 32.1 Å². The van der Waals surface area contributed by atoms with E-state index >= 15 is 0 Å². The van der Waals surface area contributed by atoms with Gasteiger partial charge in [-0.15, -0.1) is 0 Å². The van der Waals surface area contributed by atoms with Crippen molar-refractivity contribution < 1.29 is 4.79 Å². The second kappa shape index (κ2) is 6.94. The number of nitrogens with one attached hydrogen (secondary N) is 1. The fraction of sp³-hybridized carbons (Fsp3) is 0.533. The molecule has 0 spiro atoms. The molecule has 4 heteroatoms. The van der Waals surface area contributed by atoms with Crippen LogP contribution in [0.3, 0.4) is 0 Å². The first kappa shape index (κ1) is 14.4. The number of hydrogen-bond donors (Lipinski definition) is 2. The largest absolute Gasteiger partial charge is 0.374 e. The van der Waals surface area contributed by atoms with E-state index in [-0.39, 0.29) is 11.9 Å². The summed E-state index contributed by atoms with van der Waals surface area (Å²) < 4.78 is 1.03. The van der Waals surface area contributed by atoms with Gasteiger partial charge in [0, 0.05) is 10.2 Å². The maximum Gasteiger partial charge on any atom is 0.239 e. The van der Waals surface area contributed by atoms with Gasteiger partial charge in [-0.3, -0.25) is 4.79 Å². The number of benzene rings is 1. The summed E-state index contributed by atoms with van der Waals surface area (Å²) in [7, 11) is 0. The molecular formula is C15H21BrN2O. The van der Waals surface area contributed by atoms with Crippen molar-refractivity contribution in [2.75, 3.05) is 5.32 Å². The van der Waals surface area contributed by atoms with Crippen LogP contribution in [0.1, 0.15) is 38.5 Å².